The SMILES string of the molecule is CCc1cccc(C)c1NC(=O)/C(C#N)=C\Nc1cc(Cl)ccn1. The Morgan fingerprint density at radius 2 is 2.21 bits per heavy atom. The molecular weight excluding hydrogens is 324 g/mol. The molecule has 24 heavy (non-hydrogen) atoms. The number of aromatic nitrogens is 1. The average molecular weight is 341 g/mol. The topological polar surface area (TPSA) is 77.8 Å². The van der Waals surface area contributed by atoms with Gasteiger partial charge in [-0.15, -0.1) is 0 Å². The molecule has 5 nitrogen and oxygen atoms in total. The Kier molecular flexibility index (Phi) is 5.94. The number of carbonyl (C=O) groups excluding carboxylic acids is 1. The van der Waals surface area contributed by atoms with Crippen LogP contribution in [0.1, 0.15) is 18.1 Å². The molecule has 6 heteroatoms. The number of rotatable bonds is 5. The maximum absolute atomic E-state index is 12.4. The van der Waals surface area contributed by atoms with E-state index >= 15 is 0 Å². The Morgan fingerprint density at radius 1 is 1.42 bits per heavy atom. The molecule has 0 spiro atoms. The fourth-order valence-corrected chi connectivity index (χ4v) is 2.32. The van der Waals surface area contributed by atoms with Crippen molar-refractivity contribution in [3.63, 3.8) is 0 Å². The number of nitrogens with one attached hydrogen (secondary N) is 2. The number of aryl methyl sites for hydroxylation is 2. The van der Waals surface area contributed by atoms with Gasteiger partial charge >= 0.3 is 0 Å². The van der Waals surface area contributed by atoms with E-state index in [0.29, 0.717) is 10.8 Å². The lowest BCUT2D eigenvalue weighted by atomic mass is 10.1. The Morgan fingerprint density at radius 3 is 2.88 bits per heavy atom. The number of amides is 1. The van der Waals surface area contributed by atoms with Crippen LogP contribution in [-0.2, 0) is 11.2 Å². The number of pyridine rings is 1. The summed E-state index contributed by atoms with van der Waals surface area (Å²) in [5.41, 5.74) is 2.66. The van der Waals surface area contributed by atoms with Crippen LogP contribution in [0.5, 0.6) is 0 Å². The van der Waals surface area contributed by atoms with E-state index in [1.54, 1.807) is 12.1 Å². The average Bonchev–Trinajstić information content (AvgIpc) is 2.57. The van der Waals surface area contributed by atoms with Crippen LogP contribution in [0.25, 0.3) is 0 Å². The third-order valence-electron chi connectivity index (χ3n) is 3.43. The van der Waals surface area contributed by atoms with Gasteiger partial charge in [0.2, 0.25) is 0 Å². The van der Waals surface area contributed by atoms with Gasteiger partial charge in [0.05, 0.1) is 0 Å². The molecule has 1 amide bonds. The van der Waals surface area contributed by atoms with Crippen LogP contribution in [0.2, 0.25) is 5.02 Å². The summed E-state index contributed by atoms with van der Waals surface area (Å²) in [5.74, 6) is -0.0239. The van der Waals surface area contributed by atoms with E-state index in [0.717, 1.165) is 23.2 Å². The van der Waals surface area contributed by atoms with Gasteiger partial charge in [-0.2, -0.15) is 5.26 Å². The van der Waals surface area contributed by atoms with Crippen molar-refractivity contribution in [3.05, 3.63) is 64.5 Å². The number of hydrogen-bond donors (Lipinski definition) is 2. The normalized spacial score (nSPS) is 10.8. The second kappa shape index (κ2) is 8.14. The van der Waals surface area contributed by atoms with Crippen molar-refractivity contribution in [2.45, 2.75) is 20.3 Å². The predicted octanol–water partition coefficient (Wildman–Crippen LogP) is 4.06. The monoisotopic (exact) mass is 340 g/mol. The van der Waals surface area contributed by atoms with Gasteiger partial charge < -0.3 is 10.6 Å². The Bertz CT molecular complexity index is 824. The molecule has 0 aliphatic rings. The summed E-state index contributed by atoms with van der Waals surface area (Å²) in [6.45, 7) is 3.93. The van der Waals surface area contributed by atoms with Crippen LogP contribution < -0.4 is 10.6 Å². The molecule has 2 aromatic rings. The third-order valence-corrected chi connectivity index (χ3v) is 3.67. The lowest BCUT2D eigenvalue weighted by Gasteiger charge is -2.12. The number of nitrogens with zero attached hydrogens (tertiary/aromatic N) is 2. The standard InChI is InChI=1S/C18H17ClN4O/c1-3-13-6-4-5-12(2)17(13)23-18(24)14(10-20)11-22-16-9-15(19)7-8-21-16/h4-9,11H,3H2,1-2H3,(H,21,22)(H,23,24)/b14-11-. The van der Waals surface area contributed by atoms with E-state index in [2.05, 4.69) is 15.6 Å². The van der Waals surface area contributed by atoms with Crippen LogP contribution >= 0.6 is 11.6 Å². The summed E-state index contributed by atoms with van der Waals surface area (Å²) in [6, 6.07) is 10.9. The molecule has 0 aliphatic heterocycles. The molecule has 1 heterocycles. The highest BCUT2D eigenvalue weighted by atomic mass is 35.5. The first-order valence-electron chi connectivity index (χ1n) is 7.43. The van der Waals surface area contributed by atoms with E-state index in [4.69, 9.17) is 11.6 Å². The minimum absolute atomic E-state index is 0.0536. The zero-order chi connectivity index (χ0) is 17.5. The molecule has 0 unspecified atom stereocenters. The molecule has 0 aliphatic carbocycles. The Balaban J connectivity index is 2.18. The second-order valence-corrected chi connectivity index (χ2v) is 5.53. The minimum Gasteiger partial charge on any atom is -0.345 e. The fourth-order valence-electron chi connectivity index (χ4n) is 2.16. The number of carbonyl (C=O) groups is 1. The van der Waals surface area contributed by atoms with Crippen LogP contribution in [0, 0.1) is 18.3 Å². The first-order chi connectivity index (χ1) is 11.5. The molecule has 0 radical (unpaired) electrons. The van der Waals surface area contributed by atoms with Crippen molar-refractivity contribution < 1.29 is 4.79 Å². The number of hydrogen-bond acceptors (Lipinski definition) is 4. The second-order valence-electron chi connectivity index (χ2n) is 5.09. The van der Waals surface area contributed by atoms with Crippen molar-refractivity contribution in [1.82, 2.24) is 4.98 Å². The molecule has 0 fully saturated rings. The quantitative estimate of drug-likeness (QED) is 0.635. The number of halogens is 1. The summed E-state index contributed by atoms with van der Waals surface area (Å²) in [6.07, 6.45) is 3.64. The van der Waals surface area contributed by atoms with Gasteiger partial charge in [-0.1, -0.05) is 36.7 Å². The van der Waals surface area contributed by atoms with E-state index in [1.807, 2.05) is 38.1 Å². The summed E-state index contributed by atoms with van der Waals surface area (Å²) >= 11 is 5.87. The molecule has 0 saturated heterocycles. The molecule has 1 aromatic heterocycles. The van der Waals surface area contributed by atoms with Gasteiger partial charge in [-0.05, 0) is 36.6 Å². The van der Waals surface area contributed by atoms with Crippen LogP contribution in [0.15, 0.2) is 48.3 Å². The van der Waals surface area contributed by atoms with Crippen LogP contribution in [0.3, 0.4) is 0 Å². The minimum atomic E-state index is -0.476. The van der Waals surface area contributed by atoms with Crippen molar-refractivity contribution in [2.24, 2.45) is 0 Å². The highest BCUT2D eigenvalue weighted by Gasteiger charge is 2.13. The first-order valence-corrected chi connectivity index (χ1v) is 7.81. The Hall–Kier alpha value is -2.84. The molecular formula is C18H17ClN4O. The predicted molar refractivity (Wildman–Crippen MR) is 95.8 cm³/mol. The van der Waals surface area contributed by atoms with E-state index in [1.165, 1.54) is 12.4 Å². The van der Waals surface area contributed by atoms with E-state index < -0.39 is 5.91 Å². The molecule has 1 aromatic carbocycles. The van der Waals surface area contributed by atoms with Crippen molar-refractivity contribution >= 4 is 29.0 Å². The third kappa shape index (κ3) is 4.34. The van der Waals surface area contributed by atoms with Crippen LogP contribution in [-0.4, -0.2) is 10.9 Å². The van der Waals surface area contributed by atoms with Crippen molar-refractivity contribution in [1.29, 1.82) is 5.26 Å². The number of anilines is 2. The lowest BCUT2D eigenvalue weighted by Crippen LogP contribution is -2.16. The molecule has 0 atom stereocenters. The van der Waals surface area contributed by atoms with E-state index in [-0.39, 0.29) is 5.57 Å². The molecule has 2 N–H and O–H groups in total. The van der Waals surface area contributed by atoms with Gasteiger partial charge in [0.25, 0.3) is 5.91 Å². The largest absolute Gasteiger partial charge is 0.345 e. The van der Waals surface area contributed by atoms with Crippen molar-refractivity contribution in [2.75, 3.05) is 10.6 Å². The summed E-state index contributed by atoms with van der Waals surface area (Å²) in [4.78, 5) is 16.4. The summed E-state index contributed by atoms with van der Waals surface area (Å²) in [7, 11) is 0. The van der Waals surface area contributed by atoms with Crippen LogP contribution in [0.4, 0.5) is 11.5 Å². The van der Waals surface area contributed by atoms with Crippen molar-refractivity contribution in [3.8, 4) is 6.07 Å². The number of para-hydroxylation sites is 1. The van der Waals surface area contributed by atoms with Gasteiger partial charge in [0.15, 0.2) is 0 Å². The zero-order valence-electron chi connectivity index (χ0n) is 13.4. The molecule has 122 valence electrons. The fraction of sp³-hybridized carbons (Fsp3) is 0.167. The maximum Gasteiger partial charge on any atom is 0.267 e. The van der Waals surface area contributed by atoms with Gasteiger partial charge in [0, 0.05) is 23.1 Å². The molecule has 0 bridgehead atoms. The van der Waals surface area contributed by atoms with Gasteiger partial charge in [-0.25, -0.2) is 4.98 Å². The highest BCUT2D eigenvalue weighted by molar-refractivity contribution is 6.30. The smallest absolute Gasteiger partial charge is 0.267 e. The maximum atomic E-state index is 12.4. The van der Waals surface area contributed by atoms with Gasteiger partial charge in [-0.3, -0.25) is 4.79 Å². The summed E-state index contributed by atoms with van der Waals surface area (Å²) in [5, 5.41) is 15.4. The van der Waals surface area contributed by atoms with E-state index in [9.17, 15) is 10.1 Å². The van der Waals surface area contributed by atoms with Gasteiger partial charge in [0.1, 0.15) is 17.5 Å². The molecule has 0 saturated carbocycles. The Labute approximate surface area is 146 Å². The summed E-state index contributed by atoms with van der Waals surface area (Å²) < 4.78 is 0. The zero-order valence-corrected chi connectivity index (χ0v) is 14.2. The number of nitriles is 1. The highest BCUT2D eigenvalue weighted by Crippen LogP contribution is 2.21. The first kappa shape index (κ1) is 17.5. The molecule has 2 rings (SSSR count). The number of benzene rings is 1. The lowest BCUT2D eigenvalue weighted by molar-refractivity contribution is -0.112.